The number of fused-ring (bicyclic) bond motifs is 1. The van der Waals surface area contributed by atoms with Gasteiger partial charge < -0.3 is 24.0 Å². The van der Waals surface area contributed by atoms with E-state index in [9.17, 15) is 14.7 Å². The molecule has 1 aromatic carbocycles. The van der Waals surface area contributed by atoms with Crippen molar-refractivity contribution in [2.24, 2.45) is 18.9 Å². The van der Waals surface area contributed by atoms with Crippen molar-refractivity contribution in [3.63, 3.8) is 0 Å². The highest BCUT2D eigenvalue weighted by Crippen LogP contribution is 2.38. The maximum Gasteiger partial charge on any atom is 0.337 e. The molecule has 2 aromatic rings. The molecule has 1 aromatic heterocycles. The lowest BCUT2D eigenvalue weighted by Crippen LogP contribution is -2.42. The number of halogens is 1. The first kappa shape index (κ1) is 20.8. The molecule has 7 nitrogen and oxygen atoms in total. The standard InChI is InChI=1S/C22H25ClN2O5/c1-24-12-16(23)9-18(24)21(27)25-10-14-7-19(26)20(8-15(14)11-25)30-17-5-3-13(4-6-17)22(28)29-2/h3-6,9,12,14-15,19-20,26H,7-8,10-11H2,1-2H3/t14-,15+,19-,20-/m0/s1. The number of hydrogen-bond donors (Lipinski definition) is 1. The van der Waals surface area contributed by atoms with E-state index in [4.69, 9.17) is 21.1 Å². The number of rotatable bonds is 4. The van der Waals surface area contributed by atoms with Crippen LogP contribution in [0.1, 0.15) is 33.7 Å². The maximum absolute atomic E-state index is 12.9. The highest BCUT2D eigenvalue weighted by molar-refractivity contribution is 6.31. The number of esters is 1. The number of aliphatic hydroxyl groups excluding tert-OH is 1. The van der Waals surface area contributed by atoms with Crippen LogP contribution < -0.4 is 4.74 Å². The Morgan fingerprint density at radius 2 is 1.80 bits per heavy atom. The number of carbonyl (C=O) groups is 2. The predicted octanol–water partition coefficient (Wildman–Crippen LogP) is 2.76. The lowest BCUT2D eigenvalue weighted by molar-refractivity contribution is -0.0231. The van der Waals surface area contributed by atoms with Crippen LogP contribution >= 0.6 is 11.6 Å². The second-order valence-electron chi connectivity index (χ2n) is 8.10. The summed E-state index contributed by atoms with van der Waals surface area (Å²) in [5.74, 6) is 0.671. The molecular weight excluding hydrogens is 408 g/mol. The van der Waals surface area contributed by atoms with Crippen molar-refractivity contribution in [3.8, 4) is 5.75 Å². The van der Waals surface area contributed by atoms with E-state index in [1.807, 2.05) is 4.90 Å². The highest BCUT2D eigenvalue weighted by atomic mass is 35.5. The minimum atomic E-state index is -0.605. The number of amides is 1. The largest absolute Gasteiger partial charge is 0.488 e. The van der Waals surface area contributed by atoms with E-state index < -0.39 is 12.1 Å². The molecule has 160 valence electrons. The summed E-state index contributed by atoms with van der Waals surface area (Å²) < 4.78 is 12.5. The average molecular weight is 433 g/mol. The van der Waals surface area contributed by atoms with Crippen molar-refractivity contribution in [2.45, 2.75) is 25.0 Å². The summed E-state index contributed by atoms with van der Waals surface area (Å²) in [4.78, 5) is 26.3. The van der Waals surface area contributed by atoms with Crippen LogP contribution in [0.4, 0.5) is 0 Å². The lowest BCUT2D eigenvalue weighted by atomic mass is 9.78. The Morgan fingerprint density at radius 3 is 2.40 bits per heavy atom. The van der Waals surface area contributed by atoms with Gasteiger partial charge in [0.25, 0.3) is 5.91 Å². The third-order valence-electron chi connectivity index (χ3n) is 6.13. The van der Waals surface area contributed by atoms with Gasteiger partial charge in [0, 0.05) is 26.3 Å². The van der Waals surface area contributed by atoms with E-state index in [-0.39, 0.29) is 23.8 Å². The molecule has 0 spiro atoms. The van der Waals surface area contributed by atoms with Crippen molar-refractivity contribution in [1.82, 2.24) is 9.47 Å². The molecule has 8 heteroatoms. The molecule has 30 heavy (non-hydrogen) atoms. The molecule has 0 unspecified atom stereocenters. The molecule has 1 N–H and O–H groups in total. The third kappa shape index (κ3) is 4.04. The molecule has 1 amide bonds. The van der Waals surface area contributed by atoms with Gasteiger partial charge in [0.15, 0.2) is 0 Å². The maximum atomic E-state index is 12.9. The van der Waals surface area contributed by atoms with Crippen LogP contribution in [0.5, 0.6) is 5.75 Å². The van der Waals surface area contributed by atoms with Gasteiger partial charge in [-0.15, -0.1) is 0 Å². The zero-order chi connectivity index (χ0) is 21.4. The number of aromatic nitrogens is 1. The van der Waals surface area contributed by atoms with E-state index in [1.165, 1.54) is 7.11 Å². The quantitative estimate of drug-likeness (QED) is 0.751. The summed E-state index contributed by atoms with van der Waals surface area (Å²) in [6.07, 6.45) is 2.02. The molecule has 2 aliphatic rings. The van der Waals surface area contributed by atoms with Gasteiger partial charge in [-0.2, -0.15) is 0 Å². The first-order valence-electron chi connectivity index (χ1n) is 10.00. The lowest BCUT2D eigenvalue weighted by Gasteiger charge is -2.35. The summed E-state index contributed by atoms with van der Waals surface area (Å²) in [5.41, 5.74) is 1.01. The Bertz CT molecular complexity index is 942. The molecule has 4 rings (SSSR count). The van der Waals surface area contributed by atoms with E-state index in [0.29, 0.717) is 48.0 Å². The van der Waals surface area contributed by atoms with Crippen LogP contribution in [-0.4, -0.2) is 58.9 Å². The second-order valence-corrected chi connectivity index (χ2v) is 8.53. The fourth-order valence-corrected chi connectivity index (χ4v) is 4.79. The number of nitrogens with zero attached hydrogens (tertiary/aromatic N) is 2. The van der Waals surface area contributed by atoms with Gasteiger partial charge in [0.1, 0.15) is 17.5 Å². The van der Waals surface area contributed by atoms with Crippen LogP contribution in [0.3, 0.4) is 0 Å². The third-order valence-corrected chi connectivity index (χ3v) is 6.33. The molecule has 1 saturated carbocycles. The minimum absolute atomic E-state index is 0.0378. The normalized spacial score (nSPS) is 25.7. The number of carbonyl (C=O) groups excluding carboxylic acids is 2. The van der Waals surface area contributed by atoms with Crippen molar-refractivity contribution in [2.75, 3.05) is 20.2 Å². The van der Waals surface area contributed by atoms with Gasteiger partial charge in [-0.3, -0.25) is 4.79 Å². The zero-order valence-corrected chi connectivity index (χ0v) is 17.7. The topological polar surface area (TPSA) is 81.0 Å². The van der Waals surface area contributed by atoms with Gasteiger partial charge in [0.2, 0.25) is 0 Å². The summed E-state index contributed by atoms with van der Waals surface area (Å²) >= 11 is 6.02. The summed E-state index contributed by atoms with van der Waals surface area (Å²) in [6.45, 7) is 1.27. The van der Waals surface area contributed by atoms with Gasteiger partial charge in [-0.25, -0.2) is 4.79 Å². The fourth-order valence-electron chi connectivity index (χ4n) is 4.54. The number of methoxy groups -OCH3 is 1. The van der Waals surface area contributed by atoms with Crippen molar-refractivity contribution >= 4 is 23.5 Å². The van der Waals surface area contributed by atoms with Crippen LogP contribution in [0.25, 0.3) is 0 Å². The van der Waals surface area contributed by atoms with Gasteiger partial charge in [-0.05, 0) is 55.0 Å². The average Bonchev–Trinajstić information content (AvgIpc) is 3.29. The Labute approximate surface area is 180 Å². The van der Waals surface area contributed by atoms with Crippen LogP contribution in [0.15, 0.2) is 36.5 Å². The zero-order valence-electron chi connectivity index (χ0n) is 17.0. The number of benzene rings is 1. The molecule has 0 bridgehead atoms. The van der Waals surface area contributed by atoms with E-state index in [0.717, 1.165) is 0 Å². The van der Waals surface area contributed by atoms with Crippen LogP contribution in [0, 0.1) is 11.8 Å². The number of hydrogen-bond acceptors (Lipinski definition) is 5. The molecule has 2 heterocycles. The Kier molecular flexibility index (Phi) is 5.75. The van der Waals surface area contributed by atoms with Crippen LogP contribution in [0.2, 0.25) is 5.02 Å². The summed E-state index contributed by atoms with van der Waals surface area (Å²) in [6, 6.07) is 8.37. The Hall–Kier alpha value is -2.51. The number of likely N-dealkylation sites (tertiary alicyclic amines) is 1. The van der Waals surface area contributed by atoms with Crippen molar-refractivity contribution in [3.05, 3.63) is 52.8 Å². The highest BCUT2D eigenvalue weighted by Gasteiger charge is 2.44. The monoisotopic (exact) mass is 432 g/mol. The minimum Gasteiger partial charge on any atom is -0.488 e. The first-order valence-corrected chi connectivity index (χ1v) is 10.4. The van der Waals surface area contributed by atoms with E-state index in [1.54, 1.807) is 48.1 Å². The molecule has 4 atom stereocenters. The van der Waals surface area contributed by atoms with Crippen LogP contribution in [-0.2, 0) is 11.8 Å². The van der Waals surface area contributed by atoms with Gasteiger partial charge in [-0.1, -0.05) is 11.6 Å². The van der Waals surface area contributed by atoms with Gasteiger partial charge in [0.05, 0.1) is 23.8 Å². The first-order chi connectivity index (χ1) is 14.4. The summed E-state index contributed by atoms with van der Waals surface area (Å²) in [7, 11) is 3.14. The molecule has 1 saturated heterocycles. The Morgan fingerprint density at radius 1 is 1.13 bits per heavy atom. The summed E-state index contributed by atoms with van der Waals surface area (Å²) in [5, 5.41) is 11.2. The van der Waals surface area contributed by atoms with E-state index >= 15 is 0 Å². The Balaban J connectivity index is 1.40. The number of aliphatic hydroxyl groups is 1. The molecule has 0 radical (unpaired) electrons. The number of ether oxygens (including phenoxy) is 2. The van der Waals surface area contributed by atoms with E-state index in [2.05, 4.69) is 0 Å². The molecule has 1 aliphatic heterocycles. The SMILES string of the molecule is COC(=O)c1ccc(O[C@H]2C[C@@H]3CN(C(=O)c4cc(Cl)cn4C)C[C@@H]3C[C@@H]2O)cc1. The van der Waals surface area contributed by atoms with Gasteiger partial charge >= 0.3 is 5.97 Å². The smallest absolute Gasteiger partial charge is 0.337 e. The molecule has 1 aliphatic carbocycles. The van der Waals surface area contributed by atoms with Crippen molar-refractivity contribution < 1.29 is 24.2 Å². The predicted molar refractivity (Wildman–Crippen MR) is 111 cm³/mol. The number of aryl methyl sites for hydroxylation is 1. The molecule has 2 fully saturated rings. The van der Waals surface area contributed by atoms with Crippen molar-refractivity contribution in [1.29, 1.82) is 0 Å². The molecular formula is C22H25ClN2O5. The fraction of sp³-hybridized carbons (Fsp3) is 0.455. The second kappa shape index (κ2) is 8.32.